The lowest BCUT2D eigenvalue weighted by Crippen LogP contribution is -2.34. The first-order chi connectivity index (χ1) is 10.6. The standard InChI is InChI=1S/C15H21N5OS/c1-10(14(21)19(2)9-3-8-16)22-15-18-17-13(11-4-5-11)20(15)12-6-7-12/h10-12H,3-7,9H2,1-2H3/t10-/m0/s1. The van der Waals surface area contributed by atoms with E-state index >= 15 is 0 Å². The van der Waals surface area contributed by atoms with Gasteiger partial charge in [-0.15, -0.1) is 10.2 Å². The van der Waals surface area contributed by atoms with Crippen molar-refractivity contribution in [2.75, 3.05) is 13.6 Å². The summed E-state index contributed by atoms with van der Waals surface area (Å²) in [5.74, 6) is 1.73. The van der Waals surface area contributed by atoms with E-state index in [4.69, 9.17) is 5.26 Å². The molecule has 0 bridgehead atoms. The van der Waals surface area contributed by atoms with Crippen molar-refractivity contribution in [3.8, 4) is 6.07 Å². The summed E-state index contributed by atoms with van der Waals surface area (Å²) >= 11 is 1.49. The topological polar surface area (TPSA) is 74.8 Å². The van der Waals surface area contributed by atoms with Crippen LogP contribution in [0.5, 0.6) is 0 Å². The number of thioether (sulfide) groups is 1. The van der Waals surface area contributed by atoms with Crippen molar-refractivity contribution in [1.82, 2.24) is 19.7 Å². The molecule has 0 aliphatic heterocycles. The van der Waals surface area contributed by atoms with Gasteiger partial charge in [0.15, 0.2) is 5.16 Å². The number of hydrogen-bond donors (Lipinski definition) is 0. The molecule has 1 amide bonds. The van der Waals surface area contributed by atoms with E-state index in [1.54, 1.807) is 11.9 Å². The molecule has 2 saturated carbocycles. The van der Waals surface area contributed by atoms with Gasteiger partial charge in [0.05, 0.1) is 17.7 Å². The van der Waals surface area contributed by atoms with Crippen molar-refractivity contribution in [2.24, 2.45) is 0 Å². The van der Waals surface area contributed by atoms with Crippen molar-refractivity contribution < 1.29 is 4.79 Å². The lowest BCUT2D eigenvalue weighted by molar-refractivity contribution is -0.128. The number of nitriles is 1. The summed E-state index contributed by atoms with van der Waals surface area (Å²) in [6, 6.07) is 2.60. The highest BCUT2D eigenvalue weighted by Gasteiger charge is 2.37. The summed E-state index contributed by atoms with van der Waals surface area (Å²) in [6.45, 7) is 2.38. The van der Waals surface area contributed by atoms with Gasteiger partial charge in [-0.2, -0.15) is 5.26 Å². The van der Waals surface area contributed by atoms with E-state index in [0.717, 1.165) is 11.0 Å². The van der Waals surface area contributed by atoms with Crippen LogP contribution in [0.2, 0.25) is 0 Å². The van der Waals surface area contributed by atoms with Gasteiger partial charge in [-0.05, 0) is 32.6 Å². The van der Waals surface area contributed by atoms with Gasteiger partial charge in [0.25, 0.3) is 0 Å². The first-order valence-electron chi connectivity index (χ1n) is 7.85. The smallest absolute Gasteiger partial charge is 0.235 e. The average Bonchev–Trinajstić information content (AvgIpc) is 3.42. The Labute approximate surface area is 134 Å². The van der Waals surface area contributed by atoms with E-state index < -0.39 is 0 Å². The Balaban J connectivity index is 1.67. The number of amides is 1. The molecular formula is C15H21N5OS. The number of carbonyl (C=O) groups is 1. The predicted octanol–water partition coefficient (Wildman–Crippen LogP) is 2.34. The molecule has 0 N–H and O–H groups in total. The van der Waals surface area contributed by atoms with E-state index in [-0.39, 0.29) is 11.2 Å². The molecule has 1 aromatic rings. The first kappa shape index (κ1) is 15.3. The molecule has 0 saturated heterocycles. The molecule has 1 aromatic heterocycles. The normalized spacial score (nSPS) is 18.8. The first-order valence-corrected chi connectivity index (χ1v) is 8.73. The Bertz CT molecular complexity index is 600. The number of aromatic nitrogens is 3. The van der Waals surface area contributed by atoms with Gasteiger partial charge >= 0.3 is 0 Å². The quantitative estimate of drug-likeness (QED) is 0.721. The van der Waals surface area contributed by atoms with E-state index in [1.165, 1.54) is 37.4 Å². The highest BCUT2D eigenvalue weighted by Crippen LogP contribution is 2.46. The third-order valence-electron chi connectivity index (χ3n) is 4.11. The minimum absolute atomic E-state index is 0.0403. The largest absolute Gasteiger partial charge is 0.344 e. The van der Waals surface area contributed by atoms with Gasteiger partial charge < -0.3 is 9.47 Å². The molecule has 0 aromatic carbocycles. The van der Waals surface area contributed by atoms with Crippen molar-refractivity contribution in [1.29, 1.82) is 5.26 Å². The average molecular weight is 319 g/mol. The minimum atomic E-state index is -0.211. The Morgan fingerprint density at radius 3 is 2.77 bits per heavy atom. The molecule has 0 unspecified atom stereocenters. The molecule has 0 radical (unpaired) electrons. The highest BCUT2D eigenvalue weighted by molar-refractivity contribution is 8.00. The van der Waals surface area contributed by atoms with Crippen molar-refractivity contribution >= 4 is 17.7 Å². The molecule has 7 heteroatoms. The van der Waals surface area contributed by atoms with E-state index in [9.17, 15) is 4.79 Å². The van der Waals surface area contributed by atoms with E-state index in [0.29, 0.717) is 24.9 Å². The minimum Gasteiger partial charge on any atom is -0.344 e. The van der Waals surface area contributed by atoms with Crippen LogP contribution >= 0.6 is 11.8 Å². The molecule has 118 valence electrons. The van der Waals surface area contributed by atoms with Crippen LogP contribution in [0.3, 0.4) is 0 Å². The molecule has 22 heavy (non-hydrogen) atoms. The summed E-state index contributed by atoms with van der Waals surface area (Å²) < 4.78 is 2.27. The molecular weight excluding hydrogens is 298 g/mol. The van der Waals surface area contributed by atoms with Crippen LogP contribution in [0, 0.1) is 11.3 Å². The van der Waals surface area contributed by atoms with Crippen LogP contribution in [-0.4, -0.2) is 44.4 Å². The van der Waals surface area contributed by atoms with Gasteiger partial charge in [0.2, 0.25) is 5.91 Å². The predicted molar refractivity (Wildman–Crippen MR) is 83.5 cm³/mol. The van der Waals surface area contributed by atoms with Crippen LogP contribution in [0.25, 0.3) is 0 Å². The number of nitrogens with zero attached hydrogens (tertiary/aromatic N) is 5. The second-order valence-corrected chi connectivity index (χ2v) is 7.45. The van der Waals surface area contributed by atoms with Gasteiger partial charge in [-0.3, -0.25) is 4.79 Å². The Kier molecular flexibility index (Phi) is 4.39. The molecule has 2 aliphatic carbocycles. The zero-order chi connectivity index (χ0) is 15.7. The zero-order valence-electron chi connectivity index (χ0n) is 13.0. The van der Waals surface area contributed by atoms with Gasteiger partial charge in [-0.1, -0.05) is 11.8 Å². The molecule has 3 rings (SSSR count). The van der Waals surface area contributed by atoms with Crippen LogP contribution in [0.15, 0.2) is 5.16 Å². The lowest BCUT2D eigenvalue weighted by Gasteiger charge is -2.20. The molecule has 2 fully saturated rings. The van der Waals surface area contributed by atoms with Crippen LogP contribution in [0.1, 0.15) is 56.8 Å². The summed E-state index contributed by atoms with van der Waals surface area (Å²) in [6.07, 6.45) is 5.16. The monoisotopic (exact) mass is 319 g/mol. The molecule has 2 aliphatic rings. The van der Waals surface area contributed by atoms with Crippen molar-refractivity contribution in [3.05, 3.63) is 5.82 Å². The van der Waals surface area contributed by atoms with E-state index in [1.807, 2.05) is 6.92 Å². The molecule has 6 nitrogen and oxygen atoms in total. The molecule has 1 heterocycles. The van der Waals surface area contributed by atoms with Crippen LogP contribution in [-0.2, 0) is 4.79 Å². The third-order valence-corrected chi connectivity index (χ3v) is 5.15. The lowest BCUT2D eigenvalue weighted by atomic mass is 10.3. The van der Waals surface area contributed by atoms with E-state index in [2.05, 4.69) is 20.8 Å². The fraction of sp³-hybridized carbons (Fsp3) is 0.733. The molecule has 1 atom stereocenters. The number of carbonyl (C=O) groups excluding carboxylic acids is 1. The summed E-state index contributed by atoms with van der Waals surface area (Å²) in [5.41, 5.74) is 0. The number of rotatable bonds is 7. The summed E-state index contributed by atoms with van der Waals surface area (Å²) in [4.78, 5) is 14.0. The summed E-state index contributed by atoms with van der Waals surface area (Å²) in [5, 5.41) is 18.0. The number of hydrogen-bond acceptors (Lipinski definition) is 5. The fourth-order valence-corrected chi connectivity index (χ4v) is 3.55. The van der Waals surface area contributed by atoms with Crippen LogP contribution in [0.4, 0.5) is 0 Å². The Morgan fingerprint density at radius 2 is 2.18 bits per heavy atom. The second-order valence-electron chi connectivity index (χ2n) is 6.14. The Morgan fingerprint density at radius 1 is 1.45 bits per heavy atom. The van der Waals surface area contributed by atoms with Gasteiger partial charge in [0, 0.05) is 25.6 Å². The molecule has 0 spiro atoms. The van der Waals surface area contributed by atoms with Crippen molar-refractivity contribution in [2.45, 2.75) is 61.4 Å². The summed E-state index contributed by atoms with van der Waals surface area (Å²) in [7, 11) is 1.75. The van der Waals surface area contributed by atoms with Crippen molar-refractivity contribution in [3.63, 3.8) is 0 Å². The van der Waals surface area contributed by atoms with Gasteiger partial charge in [0.1, 0.15) is 5.82 Å². The van der Waals surface area contributed by atoms with Gasteiger partial charge in [-0.25, -0.2) is 0 Å². The highest BCUT2D eigenvalue weighted by atomic mass is 32.2. The second kappa shape index (κ2) is 6.29. The van der Waals surface area contributed by atoms with Crippen LogP contribution < -0.4 is 0 Å². The Hall–Kier alpha value is -1.55. The maximum absolute atomic E-state index is 12.3. The SMILES string of the molecule is C[C@H](Sc1nnc(C2CC2)n1C1CC1)C(=O)N(C)CCC#N. The zero-order valence-corrected chi connectivity index (χ0v) is 13.8. The third kappa shape index (κ3) is 3.27. The maximum atomic E-state index is 12.3. The fourth-order valence-electron chi connectivity index (χ4n) is 2.51. The maximum Gasteiger partial charge on any atom is 0.235 e.